The second kappa shape index (κ2) is 8.31. The Balaban J connectivity index is 2.38. The van der Waals surface area contributed by atoms with Gasteiger partial charge in [0.2, 0.25) is 0 Å². The normalized spacial score (nSPS) is 9.83. The van der Waals surface area contributed by atoms with Gasteiger partial charge < -0.3 is 15.2 Å². The largest absolute Gasteiger partial charge is 0.465 e. The smallest absolute Gasteiger partial charge is 0.310 e. The first-order valence-electron chi connectivity index (χ1n) is 5.96. The lowest BCUT2D eigenvalue weighted by atomic mass is 10.1. The molecule has 0 aromatic heterocycles. The third-order valence-corrected chi connectivity index (χ3v) is 2.32. The predicted molar refractivity (Wildman–Crippen MR) is 71.5 cm³/mol. The van der Waals surface area contributed by atoms with Gasteiger partial charge in [-0.3, -0.25) is 4.79 Å². The standard InChI is InChI=1S/C14H19NO3/c1-2-8-15-13-6-4-12(5-7-13)11-14(17)18-10-3-9-16/h2,4-7,15-16H,1,3,8-11H2. The molecule has 1 rings (SSSR count). The number of benzene rings is 1. The minimum atomic E-state index is -0.268. The average Bonchev–Trinajstić information content (AvgIpc) is 2.38. The lowest BCUT2D eigenvalue weighted by Gasteiger charge is -2.06. The van der Waals surface area contributed by atoms with Crippen molar-refractivity contribution in [2.75, 3.05) is 25.1 Å². The molecule has 0 atom stereocenters. The van der Waals surface area contributed by atoms with Gasteiger partial charge in [-0.05, 0) is 17.7 Å². The van der Waals surface area contributed by atoms with Crippen molar-refractivity contribution in [3.8, 4) is 0 Å². The summed E-state index contributed by atoms with van der Waals surface area (Å²) in [4.78, 5) is 11.4. The summed E-state index contributed by atoms with van der Waals surface area (Å²) in [7, 11) is 0. The highest BCUT2D eigenvalue weighted by Gasteiger charge is 2.04. The molecule has 0 saturated carbocycles. The monoisotopic (exact) mass is 249 g/mol. The van der Waals surface area contributed by atoms with Crippen molar-refractivity contribution in [1.29, 1.82) is 0 Å². The first-order valence-corrected chi connectivity index (χ1v) is 5.96. The molecule has 98 valence electrons. The highest BCUT2D eigenvalue weighted by Crippen LogP contribution is 2.10. The van der Waals surface area contributed by atoms with Gasteiger partial charge in [0.25, 0.3) is 0 Å². The van der Waals surface area contributed by atoms with Gasteiger partial charge in [-0.15, -0.1) is 6.58 Å². The SMILES string of the molecule is C=CCNc1ccc(CC(=O)OCCCO)cc1. The molecule has 1 aromatic rings. The summed E-state index contributed by atoms with van der Waals surface area (Å²) < 4.78 is 4.95. The summed E-state index contributed by atoms with van der Waals surface area (Å²) in [6.45, 7) is 4.65. The number of ether oxygens (including phenoxy) is 1. The Hall–Kier alpha value is -1.81. The third kappa shape index (κ3) is 5.50. The first kappa shape index (κ1) is 14.3. The van der Waals surface area contributed by atoms with Crippen LogP contribution in [0, 0.1) is 0 Å². The Bertz CT molecular complexity index is 373. The zero-order chi connectivity index (χ0) is 13.2. The number of nitrogens with one attached hydrogen (secondary N) is 1. The molecule has 0 amide bonds. The number of carbonyl (C=O) groups is 1. The van der Waals surface area contributed by atoms with Crippen molar-refractivity contribution in [2.45, 2.75) is 12.8 Å². The maximum atomic E-state index is 11.4. The van der Waals surface area contributed by atoms with Crippen LogP contribution < -0.4 is 5.32 Å². The minimum absolute atomic E-state index is 0.0386. The number of aliphatic hydroxyl groups is 1. The van der Waals surface area contributed by atoms with E-state index in [0.29, 0.717) is 13.0 Å². The number of aliphatic hydroxyl groups excluding tert-OH is 1. The molecule has 0 aliphatic heterocycles. The molecular formula is C14H19NO3. The van der Waals surface area contributed by atoms with Gasteiger partial charge in [0, 0.05) is 25.3 Å². The van der Waals surface area contributed by atoms with E-state index in [9.17, 15) is 4.79 Å². The third-order valence-electron chi connectivity index (χ3n) is 2.32. The molecule has 0 aliphatic carbocycles. The van der Waals surface area contributed by atoms with E-state index in [1.807, 2.05) is 24.3 Å². The van der Waals surface area contributed by atoms with E-state index in [4.69, 9.17) is 9.84 Å². The molecule has 0 spiro atoms. The number of carbonyl (C=O) groups excluding carboxylic acids is 1. The molecule has 0 aliphatic rings. The van der Waals surface area contributed by atoms with Crippen LogP contribution in [0.4, 0.5) is 5.69 Å². The zero-order valence-corrected chi connectivity index (χ0v) is 10.4. The number of hydrogen-bond acceptors (Lipinski definition) is 4. The number of hydrogen-bond donors (Lipinski definition) is 2. The number of anilines is 1. The number of rotatable bonds is 8. The van der Waals surface area contributed by atoms with Crippen molar-refractivity contribution < 1.29 is 14.6 Å². The average molecular weight is 249 g/mol. The fourth-order valence-electron chi connectivity index (χ4n) is 1.40. The van der Waals surface area contributed by atoms with E-state index in [0.717, 1.165) is 11.3 Å². The Morgan fingerprint density at radius 1 is 1.39 bits per heavy atom. The van der Waals surface area contributed by atoms with Crippen molar-refractivity contribution >= 4 is 11.7 Å². The highest BCUT2D eigenvalue weighted by molar-refractivity contribution is 5.72. The summed E-state index contributed by atoms with van der Waals surface area (Å²) in [5.74, 6) is -0.268. The van der Waals surface area contributed by atoms with Crippen LogP contribution in [0.2, 0.25) is 0 Å². The highest BCUT2D eigenvalue weighted by atomic mass is 16.5. The van der Waals surface area contributed by atoms with Crippen LogP contribution in [0.5, 0.6) is 0 Å². The van der Waals surface area contributed by atoms with E-state index < -0.39 is 0 Å². The molecular weight excluding hydrogens is 230 g/mol. The van der Waals surface area contributed by atoms with Crippen molar-refractivity contribution in [1.82, 2.24) is 0 Å². The van der Waals surface area contributed by atoms with Gasteiger partial charge >= 0.3 is 5.97 Å². The van der Waals surface area contributed by atoms with E-state index in [2.05, 4.69) is 11.9 Å². The van der Waals surface area contributed by atoms with Gasteiger partial charge in [0.05, 0.1) is 13.0 Å². The minimum Gasteiger partial charge on any atom is -0.465 e. The Labute approximate surface area is 107 Å². The van der Waals surface area contributed by atoms with Gasteiger partial charge in [-0.1, -0.05) is 18.2 Å². The Morgan fingerprint density at radius 3 is 2.72 bits per heavy atom. The molecule has 4 heteroatoms. The lowest BCUT2D eigenvalue weighted by Crippen LogP contribution is -2.09. The van der Waals surface area contributed by atoms with Crippen LogP contribution in [-0.2, 0) is 16.0 Å². The first-order chi connectivity index (χ1) is 8.76. The second-order valence-corrected chi connectivity index (χ2v) is 3.84. The van der Waals surface area contributed by atoms with Gasteiger partial charge in [0.15, 0.2) is 0 Å². The Morgan fingerprint density at radius 2 is 2.11 bits per heavy atom. The summed E-state index contributed by atoms with van der Waals surface area (Å²) >= 11 is 0. The van der Waals surface area contributed by atoms with E-state index >= 15 is 0 Å². The number of esters is 1. The van der Waals surface area contributed by atoms with E-state index in [-0.39, 0.29) is 25.6 Å². The Kier molecular flexibility index (Phi) is 6.58. The second-order valence-electron chi connectivity index (χ2n) is 3.84. The van der Waals surface area contributed by atoms with Gasteiger partial charge in [-0.25, -0.2) is 0 Å². The molecule has 1 aromatic carbocycles. The van der Waals surface area contributed by atoms with Crippen LogP contribution in [0.3, 0.4) is 0 Å². The molecule has 0 radical (unpaired) electrons. The fourth-order valence-corrected chi connectivity index (χ4v) is 1.40. The van der Waals surface area contributed by atoms with Crippen molar-refractivity contribution in [3.05, 3.63) is 42.5 Å². The van der Waals surface area contributed by atoms with Crippen LogP contribution >= 0.6 is 0 Å². The molecule has 0 saturated heterocycles. The molecule has 4 nitrogen and oxygen atoms in total. The summed E-state index contributed by atoms with van der Waals surface area (Å²) in [6.07, 6.45) is 2.52. The van der Waals surface area contributed by atoms with E-state index in [1.54, 1.807) is 6.08 Å². The molecule has 18 heavy (non-hydrogen) atoms. The van der Waals surface area contributed by atoms with Crippen molar-refractivity contribution in [2.24, 2.45) is 0 Å². The van der Waals surface area contributed by atoms with Crippen LogP contribution in [0.1, 0.15) is 12.0 Å². The van der Waals surface area contributed by atoms with Gasteiger partial charge in [0.1, 0.15) is 0 Å². The predicted octanol–water partition coefficient (Wildman–Crippen LogP) is 1.75. The quantitative estimate of drug-likeness (QED) is 0.418. The summed E-state index contributed by atoms with van der Waals surface area (Å²) in [6, 6.07) is 7.61. The summed E-state index contributed by atoms with van der Waals surface area (Å²) in [5, 5.41) is 11.7. The topological polar surface area (TPSA) is 58.6 Å². The van der Waals surface area contributed by atoms with Crippen LogP contribution in [0.25, 0.3) is 0 Å². The molecule has 0 fully saturated rings. The van der Waals surface area contributed by atoms with E-state index in [1.165, 1.54) is 0 Å². The molecule has 0 bridgehead atoms. The summed E-state index contributed by atoms with van der Waals surface area (Å²) in [5.41, 5.74) is 1.90. The fraction of sp³-hybridized carbons (Fsp3) is 0.357. The molecule has 0 unspecified atom stereocenters. The zero-order valence-electron chi connectivity index (χ0n) is 10.4. The molecule has 0 heterocycles. The maximum Gasteiger partial charge on any atom is 0.310 e. The maximum absolute atomic E-state index is 11.4. The lowest BCUT2D eigenvalue weighted by molar-refractivity contribution is -0.143. The molecule has 2 N–H and O–H groups in total. The van der Waals surface area contributed by atoms with Gasteiger partial charge in [-0.2, -0.15) is 0 Å². The van der Waals surface area contributed by atoms with Crippen LogP contribution in [0.15, 0.2) is 36.9 Å². The van der Waals surface area contributed by atoms with Crippen molar-refractivity contribution in [3.63, 3.8) is 0 Å². The van der Waals surface area contributed by atoms with Crippen LogP contribution in [-0.4, -0.2) is 30.8 Å².